The fourth-order valence-corrected chi connectivity index (χ4v) is 3.73. The lowest BCUT2D eigenvalue weighted by Crippen LogP contribution is -2.62. The molecule has 0 radical (unpaired) electrons. The third kappa shape index (κ3) is 2.41. The van der Waals surface area contributed by atoms with E-state index in [9.17, 15) is 5.11 Å². The molecule has 2 aliphatic rings. The first kappa shape index (κ1) is 14.1. The van der Waals surface area contributed by atoms with Gasteiger partial charge in [0.05, 0.1) is 18.8 Å². The molecule has 1 aliphatic carbocycles. The minimum Gasteiger partial charge on any atom is -0.465 e. The third-order valence-electron chi connectivity index (χ3n) is 5.07. The Hall–Kier alpha value is -0.840. The maximum Gasteiger partial charge on any atom is 0.118 e. The molecule has 2 fully saturated rings. The first-order valence-electron chi connectivity index (χ1n) is 7.71. The summed E-state index contributed by atoms with van der Waals surface area (Å²) in [5.74, 6) is 2.01. The largest absolute Gasteiger partial charge is 0.465 e. The number of furan rings is 1. The first-order chi connectivity index (χ1) is 9.64. The van der Waals surface area contributed by atoms with Gasteiger partial charge in [-0.2, -0.15) is 0 Å². The summed E-state index contributed by atoms with van der Waals surface area (Å²) in [7, 11) is 0. The zero-order chi connectivity index (χ0) is 14.2. The molecule has 0 amide bonds. The summed E-state index contributed by atoms with van der Waals surface area (Å²) in [6.07, 6.45) is 2.95. The quantitative estimate of drug-likeness (QED) is 0.919. The van der Waals surface area contributed by atoms with Crippen molar-refractivity contribution in [2.75, 3.05) is 19.7 Å². The van der Waals surface area contributed by atoms with E-state index in [1.165, 1.54) is 0 Å². The number of piperidine rings is 1. The van der Waals surface area contributed by atoms with Crippen molar-refractivity contribution in [3.8, 4) is 0 Å². The molecule has 112 valence electrons. The van der Waals surface area contributed by atoms with Crippen LogP contribution in [0, 0.1) is 12.3 Å². The number of nitrogens with zero attached hydrogens (tertiary/aromatic N) is 1. The molecule has 4 heteroatoms. The summed E-state index contributed by atoms with van der Waals surface area (Å²) in [5, 5.41) is 10.2. The van der Waals surface area contributed by atoms with Gasteiger partial charge in [0, 0.05) is 18.4 Å². The molecular weight excluding hydrogens is 254 g/mol. The van der Waals surface area contributed by atoms with E-state index in [2.05, 4.69) is 11.0 Å². The minimum absolute atomic E-state index is 0.0194. The van der Waals surface area contributed by atoms with E-state index in [0.717, 1.165) is 57.0 Å². The highest BCUT2D eigenvalue weighted by Gasteiger charge is 2.55. The number of aryl methyl sites for hydroxylation is 1. The standard InChI is InChI=1S/C16H25NO3/c1-3-19-15-10-14(18)16(15)6-8-17(9-7-16)11-13-5-4-12(2)20-13/h4-5,14-15,18H,3,6-11H2,1-2H3. The first-order valence-corrected chi connectivity index (χ1v) is 7.71. The Balaban J connectivity index is 1.56. The summed E-state index contributed by atoms with van der Waals surface area (Å²) in [6, 6.07) is 4.07. The van der Waals surface area contributed by atoms with Gasteiger partial charge in [-0.3, -0.25) is 4.90 Å². The van der Waals surface area contributed by atoms with Crippen LogP contribution in [-0.4, -0.2) is 41.9 Å². The molecule has 2 heterocycles. The van der Waals surface area contributed by atoms with Gasteiger partial charge < -0.3 is 14.3 Å². The molecule has 1 N–H and O–H groups in total. The van der Waals surface area contributed by atoms with Crippen LogP contribution < -0.4 is 0 Å². The van der Waals surface area contributed by atoms with Crippen molar-refractivity contribution >= 4 is 0 Å². The average molecular weight is 279 g/mol. The molecule has 3 rings (SSSR count). The zero-order valence-electron chi connectivity index (χ0n) is 12.5. The van der Waals surface area contributed by atoms with Gasteiger partial charge in [-0.25, -0.2) is 0 Å². The second-order valence-electron chi connectivity index (χ2n) is 6.22. The van der Waals surface area contributed by atoms with Crippen molar-refractivity contribution in [3.63, 3.8) is 0 Å². The molecule has 2 unspecified atom stereocenters. The van der Waals surface area contributed by atoms with Gasteiger partial charge in [0.15, 0.2) is 0 Å². The minimum atomic E-state index is -0.174. The summed E-state index contributed by atoms with van der Waals surface area (Å²) in [5.41, 5.74) is 0.0194. The van der Waals surface area contributed by atoms with Crippen LogP contribution in [0.2, 0.25) is 0 Å². The lowest BCUT2D eigenvalue weighted by molar-refractivity contribution is -0.210. The molecule has 1 aromatic rings. The molecule has 4 nitrogen and oxygen atoms in total. The predicted molar refractivity (Wildman–Crippen MR) is 76.4 cm³/mol. The van der Waals surface area contributed by atoms with Crippen LogP contribution in [0.3, 0.4) is 0 Å². The van der Waals surface area contributed by atoms with E-state index in [4.69, 9.17) is 9.15 Å². The van der Waals surface area contributed by atoms with Crippen LogP contribution in [0.25, 0.3) is 0 Å². The Morgan fingerprint density at radius 3 is 2.70 bits per heavy atom. The van der Waals surface area contributed by atoms with Gasteiger partial charge in [-0.1, -0.05) is 0 Å². The van der Waals surface area contributed by atoms with E-state index in [0.29, 0.717) is 0 Å². The Bertz CT molecular complexity index is 446. The smallest absolute Gasteiger partial charge is 0.118 e. The van der Waals surface area contributed by atoms with E-state index >= 15 is 0 Å². The normalized spacial score (nSPS) is 29.6. The number of hydrogen-bond acceptors (Lipinski definition) is 4. The van der Waals surface area contributed by atoms with Gasteiger partial charge in [0.25, 0.3) is 0 Å². The highest BCUT2D eigenvalue weighted by Crippen LogP contribution is 2.51. The molecule has 20 heavy (non-hydrogen) atoms. The van der Waals surface area contributed by atoms with Crippen LogP contribution in [0.5, 0.6) is 0 Å². The lowest BCUT2D eigenvalue weighted by atomic mass is 9.58. The van der Waals surface area contributed by atoms with Gasteiger partial charge >= 0.3 is 0 Å². The van der Waals surface area contributed by atoms with E-state index in [-0.39, 0.29) is 17.6 Å². The fourth-order valence-electron chi connectivity index (χ4n) is 3.73. The van der Waals surface area contributed by atoms with Gasteiger partial charge in [0.2, 0.25) is 0 Å². The van der Waals surface area contributed by atoms with Crippen LogP contribution in [0.4, 0.5) is 0 Å². The SMILES string of the molecule is CCOC1CC(O)C12CCN(Cc1ccc(C)o1)CC2. The second kappa shape index (κ2) is 5.51. The number of aliphatic hydroxyl groups is 1. The molecular formula is C16H25NO3. The lowest BCUT2D eigenvalue weighted by Gasteiger charge is -2.56. The van der Waals surface area contributed by atoms with Crippen molar-refractivity contribution < 1.29 is 14.3 Å². The van der Waals surface area contributed by atoms with Gasteiger partial charge in [-0.15, -0.1) is 0 Å². The highest BCUT2D eigenvalue weighted by atomic mass is 16.5. The van der Waals surface area contributed by atoms with Crippen molar-refractivity contribution in [2.24, 2.45) is 5.41 Å². The highest BCUT2D eigenvalue weighted by molar-refractivity contribution is 5.08. The number of rotatable bonds is 4. The van der Waals surface area contributed by atoms with Crippen LogP contribution >= 0.6 is 0 Å². The maximum absolute atomic E-state index is 10.2. The number of ether oxygens (including phenoxy) is 1. The molecule has 1 aromatic heterocycles. The van der Waals surface area contributed by atoms with Crippen LogP contribution in [0.1, 0.15) is 37.7 Å². The Kier molecular flexibility index (Phi) is 3.89. The van der Waals surface area contributed by atoms with E-state index in [1.807, 2.05) is 19.9 Å². The molecule has 0 aromatic carbocycles. The van der Waals surface area contributed by atoms with E-state index < -0.39 is 0 Å². The number of aliphatic hydroxyl groups excluding tert-OH is 1. The molecule has 0 bridgehead atoms. The Labute approximate surface area is 120 Å². The molecule has 1 aliphatic heterocycles. The monoisotopic (exact) mass is 279 g/mol. The van der Waals surface area contributed by atoms with Crippen molar-refractivity contribution in [1.29, 1.82) is 0 Å². The Morgan fingerprint density at radius 1 is 1.40 bits per heavy atom. The maximum atomic E-state index is 10.2. The molecule has 1 saturated carbocycles. The van der Waals surface area contributed by atoms with Gasteiger partial charge in [-0.05, 0) is 51.9 Å². The zero-order valence-corrected chi connectivity index (χ0v) is 12.5. The number of likely N-dealkylation sites (tertiary alicyclic amines) is 1. The third-order valence-corrected chi connectivity index (χ3v) is 5.07. The van der Waals surface area contributed by atoms with E-state index in [1.54, 1.807) is 0 Å². The molecule has 1 saturated heterocycles. The van der Waals surface area contributed by atoms with Crippen molar-refractivity contribution in [2.45, 2.75) is 51.9 Å². The summed E-state index contributed by atoms with van der Waals surface area (Å²) >= 11 is 0. The number of hydrogen-bond donors (Lipinski definition) is 1. The summed E-state index contributed by atoms with van der Waals surface area (Å²) in [6.45, 7) is 7.66. The van der Waals surface area contributed by atoms with Crippen LogP contribution in [0.15, 0.2) is 16.5 Å². The molecule has 2 atom stereocenters. The predicted octanol–water partition coefficient (Wildman–Crippen LogP) is 2.34. The van der Waals surface area contributed by atoms with Crippen LogP contribution in [-0.2, 0) is 11.3 Å². The summed E-state index contributed by atoms with van der Waals surface area (Å²) in [4.78, 5) is 2.41. The topological polar surface area (TPSA) is 45.8 Å². The van der Waals surface area contributed by atoms with Crippen molar-refractivity contribution in [3.05, 3.63) is 23.7 Å². The Morgan fingerprint density at radius 2 is 2.15 bits per heavy atom. The summed E-state index contributed by atoms with van der Waals surface area (Å²) < 4.78 is 11.4. The fraction of sp³-hybridized carbons (Fsp3) is 0.750. The average Bonchev–Trinajstić information content (AvgIpc) is 2.85. The van der Waals surface area contributed by atoms with Gasteiger partial charge in [0.1, 0.15) is 11.5 Å². The van der Waals surface area contributed by atoms with Crippen molar-refractivity contribution in [1.82, 2.24) is 4.90 Å². The molecule has 1 spiro atoms. The second-order valence-corrected chi connectivity index (χ2v) is 6.22.